The molecular formula is C36H34N6O10. The molecule has 4 heterocycles. The summed E-state index contributed by atoms with van der Waals surface area (Å²) < 4.78 is 14.3. The molecule has 0 aliphatic carbocycles. The van der Waals surface area contributed by atoms with E-state index in [0.29, 0.717) is 34.9 Å². The van der Waals surface area contributed by atoms with Crippen molar-refractivity contribution >= 4 is 45.6 Å². The highest BCUT2D eigenvalue weighted by atomic mass is 16.5. The Morgan fingerprint density at radius 1 is 0.692 bits per heavy atom. The van der Waals surface area contributed by atoms with Gasteiger partial charge in [0.05, 0.1) is 44.2 Å². The van der Waals surface area contributed by atoms with E-state index in [9.17, 15) is 29.4 Å². The average Bonchev–Trinajstić information content (AvgIpc) is 3.75. The van der Waals surface area contributed by atoms with Crippen LogP contribution in [0.1, 0.15) is 32.1 Å². The second-order valence-corrected chi connectivity index (χ2v) is 11.2. The van der Waals surface area contributed by atoms with Gasteiger partial charge in [0.2, 0.25) is 0 Å². The van der Waals surface area contributed by atoms with E-state index in [1.165, 1.54) is 12.4 Å². The molecule has 2 aromatic carbocycles. The summed E-state index contributed by atoms with van der Waals surface area (Å²) in [6.45, 7) is -0.0623. The molecule has 16 heteroatoms. The number of carbonyl (C=O) groups excluding carboxylic acids is 2. The van der Waals surface area contributed by atoms with Gasteiger partial charge in [-0.25, -0.2) is 9.97 Å². The van der Waals surface area contributed by atoms with Gasteiger partial charge < -0.3 is 49.7 Å². The molecule has 268 valence electrons. The normalized spacial score (nSPS) is 10.7. The Kier molecular flexibility index (Phi) is 11.2. The first kappa shape index (κ1) is 36.2. The van der Waals surface area contributed by atoms with Crippen molar-refractivity contribution in [1.82, 2.24) is 29.7 Å². The Bertz CT molecular complexity index is 2280. The molecule has 0 saturated heterocycles. The monoisotopic (exact) mass is 710 g/mol. The molecule has 6 N–H and O–H groups in total. The van der Waals surface area contributed by atoms with E-state index >= 15 is 0 Å². The maximum Gasteiger partial charge on any atom is 0.322 e. The summed E-state index contributed by atoms with van der Waals surface area (Å²) in [7, 11) is 3.20. The fourth-order valence-corrected chi connectivity index (χ4v) is 5.36. The average molecular weight is 711 g/mol. The van der Waals surface area contributed by atoms with Gasteiger partial charge in [0.15, 0.2) is 22.9 Å². The Balaban J connectivity index is 0.000000201. The van der Waals surface area contributed by atoms with E-state index in [2.05, 4.69) is 20.6 Å². The quantitative estimate of drug-likeness (QED) is 0.108. The SMILES string of the molecule is COc1cccc(Cn2ccc3c(O)c(C(=O)NCC(=O)O)ncc32)c1.COc1ccccc1Cn1ccc2c(O)c(C(=O)NCC(=O)O)ncc21. The second kappa shape index (κ2) is 16.1. The van der Waals surface area contributed by atoms with Gasteiger partial charge in [-0.2, -0.15) is 0 Å². The third-order valence-electron chi connectivity index (χ3n) is 7.85. The highest BCUT2D eigenvalue weighted by Gasteiger charge is 2.20. The number of ether oxygens (including phenoxy) is 2. The van der Waals surface area contributed by atoms with Crippen molar-refractivity contribution in [2.45, 2.75) is 13.1 Å². The topological polar surface area (TPSA) is 227 Å². The summed E-state index contributed by atoms with van der Waals surface area (Å²) in [6, 6.07) is 18.6. The lowest BCUT2D eigenvalue weighted by Crippen LogP contribution is -2.29. The smallest absolute Gasteiger partial charge is 0.322 e. The third-order valence-corrected chi connectivity index (χ3v) is 7.85. The van der Waals surface area contributed by atoms with Gasteiger partial charge in [0, 0.05) is 35.3 Å². The minimum absolute atomic E-state index is 0.210. The molecule has 0 aliphatic heterocycles. The van der Waals surface area contributed by atoms with Crippen LogP contribution in [-0.2, 0) is 22.7 Å². The lowest BCUT2D eigenvalue weighted by Gasteiger charge is -2.11. The number of nitrogens with one attached hydrogen (secondary N) is 2. The number of benzene rings is 2. The number of aliphatic carboxylic acids is 2. The molecule has 0 spiro atoms. The van der Waals surface area contributed by atoms with Crippen LogP contribution in [0.25, 0.3) is 21.8 Å². The molecule has 0 atom stereocenters. The summed E-state index contributed by atoms with van der Waals surface area (Å²) in [5, 5.41) is 43.2. The first-order valence-corrected chi connectivity index (χ1v) is 15.6. The maximum absolute atomic E-state index is 12.0. The molecule has 0 fully saturated rings. The molecular weight excluding hydrogens is 676 g/mol. The zero-order valence-corrected chi connectivity index (χ0v) is 27.9. The number of rotatable bonds is 12. The number of carboxylic acid groups (broad SMARTS) is 2. The zero-order valence-electron chi connectivity index (χ0n) is 27.9. The number of carbonyl (C=O) groups is 4. The van der Waals surface area contributed by atoms with Crippen LogP contribution in [0.5, 0.6) is 23.0 Å². The Labute approximate surface area is 295 Å². The fourth-order valence-electron chi connectivity index (χ4n) is 5.36. The lowest BCUT2D eigenvalue weighted by atomic mass is 10.2. The number of carboxylic acids is 2. The van der Waals surface area contributed by atoms with Crippen molar-refractivity contribution in [3.63, 3.8) is 0 Å². The number of aromatic nitrogens is 4. The minimum Gasteiger partial charge on any atom is -0.505 e. The summed E-state index contributed by atoms with van der Waals surface area (Å²) in [6.07, 6.45) is 6.51. The van der Waals surface area contributed by atoms with Crippen LogP contribution in [0.2, 0.25) is 0 Å². The highest BCUT2D eigenvalue weighted by Crippen LogP contribution is 2.30. The van der Waals surface area contributed by atoms with Crippen LogP contribution < -0.4 is 20.1 Å². The molecule has 16 nitrogen and oxygen atoms in total. The molecule has 0 bridgehead atoms. The van der Waals surface area contributed by atoms with Crippen molar-refractivity contribution in [2.75, 3.05) is 27.3 Å². The molecule has 6 aromatic rings. The van der Waals surface area contributed by atoms with Crippen molar-refractivity contribution in [2.24, 2.45) is 0 Å². The third kappa shape index (κ3) is 8.19. The number of fused-ring (bicyclic) bond motifs is 2. The lowest BCUT2D eigenvalue weighted by molar-refractivity contribution is -0.136. The molecule has 0 unspecified atom stereocenters. The number of para-hydroxylation sites is 1. The predicted molar refractivity (Wildman–Crippen MR) is 187 cm³/mol. The van der Waals surface area contributed by atoms with E-state index < -0.39 is 36.8 Å². The summed E-state index contributed by atoms with van der Waals surface area (Å²) in [4.78, 5) is 53.0. The number of nitrogens with zero attached hydrogens (tertiary/aromatic N) is 4. The van der Waals surface area contributed by atoms with Crippen molar-refractivity contribution < 1.29 is 49.1 Å². The number of aromatic hydroxyl groups is 2. The predicted octanol–water partition coefficient (Wildman–Crippen LogP) is 3.23. The van der Waals surface area contributed by atoms with Gasteiger partial charge in [-0.05, 0) is 35.9 Å². The summed E-state index contributed by atoms with van der Waals surface area (Å²) >= 11 is 0. The van der Waals surface area contributed by atoms with Crippen LogP contribution in [0.3, 0.4) is 0 Å². The summed E-state index contributed by atoms with van der Waals surface area (Å²) in [5.74, 6) is -2.92. The van der Waals surface area contributed by atoms with E-state index in [-0.39, 0.29) is 22.9 Å². The Hall–Kier alpha value is -7.10. The fraction of sp³-hybridized carbons (Fsp3) is 0.167. The van der Waals surface area contributed by atoms with Crippen molar-refractivity contribution in [1.29, 1.82) is 0 Å². The van der Waals surface area contributed by atoms with Gasteiger partial charge in [0.25, 0.3) is 11.8 Å². The highest BCUT2D eigenvalue weighted by molar-refractivity contribution is 6.02. The first-order chi connectivity index (χ1) is 25.0. The molecule has 0 aliphatic rings. The first-order valence-electron chi connectivity index (χ1n) is 15.6. The van der Waals surface area contributed by atoms with Gasteiger partial charge in [0.1, 0.15) is 24.6 Å². The van der Waals surface area contributed by atoms with Crippen LogP contribution in [0, 0.1) is 0 Å². The molecule has 4 aromatic heterocycles. The number of hydrogen-bond donors (Lipinski definition) is 6. The van der Waals surface area contributed by atoms with Crippen molar-refractivity contribution in [3.05, 3.63) is 108 Å². The number of methoxy groups -OCH3 is 2. The molecule has 0 radical (unpaired) electrons. The largest absolute Gasteiger partial charge is 0.505 e. The minimum atomic E-state index is -1.18. The van der Waals surface area contributed by atoms with E-state index in [0.717, 1.165) is 22.6 Å². The van der Waals surface area contributed by atoms with E-state index in [1.54, 1.807) is 38.7 Å². The molecule has 0 saturated carbocycles. The van der Waals surface area contributed by atoms with Crippen LogP contribution in [-0.4, -0.2) is 90.6 Å². The van der Waals surface area contributed by atoms with Gasteiger partial charge in [-0.1, -0.05) is 30.3 Å². The maximum atomic E-state index is 12.0. The van der Waals surface area contributed by atoms with Gasteiger partial charge in [-0.15, -0.1) is 0 Å². The zero-order chi connectivity index (χ0) is 37.4. The van der Waals surface area contributed by atoms with Crippen LogP contribution in [0.15, 0.2) is 85.5 Å². The number of amides is 2. The second-order valence-electron chi connectivity index (χ2n) is 11.2. The standard InChI is InChI=1S/2C18H17N3O5/c1-26-12-4-2-3-11(7-12)10-21-6-5-13-14(21)8-19-16(17(13)24)18(25)20-9-15(22)23;1-26-14-5-3-2-4-11(14)10-21-7-6-12-13(21)8-19-16(17(12)24)18(25)20-9-15(22)23/h2*2-8,24H,9-10H2,1H3,(H,20,25)(H,22,23). The van der Waals surface area contributed by atoms with Crippen LogP contribution >= 0.6 is 0 Å². The van der Waals surface area contributed by atoms with E-state index in [1.807, 2.05) is 57.7 Å². The van der Waals surface area contributed by atoms with E-state index in [4.69, 9.17) is 19.7 Å². The summed E-state index contributed by atoms with van der Waals surface area (Å²) in [5.41, 5.74) is 2.83. The number of pyridine rings is 2. The molecule has 6 rings (SSSR count). The Morgan fingerprint density at radius 2 is 1.23 bits per heavy atom. The van der Waals surface area contributed by atoms with Gasteiger partial charge >= 0.3 is 11.9 Å². The molecule has 2 amide bonds. The van der Waals surface area contributed by atoms with Gasteiger partial charge in [-0.3, -0.25) is 19.2 Å². The number of hydrogen-bond acceptors (Lipinski definition) is 10. The van der Waals surface area contributed by atoms with Crippen LogP contribution in [0.4, 0.5) is 0 Å². The molecule has 52 heavy (non-hydrogen) atoms. The Morgan fingerprint density at radius 3 is 1.75 bits per heavy atom. The van der Waals surface area contributed by atoms with Crippen molar-refractivity contribution in [3.8, 4) is 23.0 Å².